The van der Waals surface area contributed by atoms with E-state index in [0.717, 1.165) is 0 Å². The Bertz CT molecular complexity index is 1010. The number of anilines is 2. The lowest BCUT2D eigenvalue weighted by Gasteiger charge is -2.14. The first-order valence-corrected chi connectivity index (χ1v) is 8.43. The Morgan fingerprint density at radius 1 is 1.03 bits per heavy atom. The Morgan fingerprint density at radius 3 is 2.10 bits per heavy atom. The van der Waals surface area contributed by atoms with Gasteiger partial charge in [0.2, 0.25) is 0 Å². The number of nitrogens with one attached hydrogen (secondary N) is 2. The normalized spacial score (nSPS) is 12.3. The van der Waals surface area contributed by atoms with E-state index in [4.69, 9.17) is 16.9 Å². The molecule has 0 spiro atoms. The second-order valence-corrected chi connectivity index (χ2v) is 6.46. The summed E-state index contributed by atoms with van der Waals surface area (Å²) in [6.45, 7) is 1.65. The summed E-state index contributed by atoms with van der Waals surface area (Å²) in [5, 5.41) is 14.0. The van der Waals surface area contributed by atoms with Crippen LogP contribution in [0.25, 0.3) is 0 Å². The number of alkyl halides is 6. The topological polar surface area (TPSA) is 64.9 Å². The van der Waals surface area contributed by atoms with Crippen molar-refractivity contribution >= 4 is 28.9 Å². The molecule has 1 amide bonds. The number of hydrogen-bond acceptors (Lipinski definition) is 3. The van der Waals surface area contributed by atoms with E-state index in [-0.39, 0.29) is 11.8 Å². The van der Waals surface area contributed by atoms with Gasteiger partial charge < -0.3 is 10.6 Å². The molecule has 2 N–H and O–H groups in total. The number of benzene rings is 2. The molecule has 0 saturated heterocycles. The molecule has 2 rings (SSSR count). The third-order valence-electron chi connectivity index (χ3n) is 3.78. The van der Waals surface area contributed by atoms with Gasteiger partial charge in [-0.3, -0.25) is 4.79 Å². The van der Waals surface area contributed by atoms with Crippen LogP contribution in [0.2, 0.25) is 5.02 Å². The van der Waals surface area contributed by atoms with Crippen LogP contribution in [0.15, 0.2) is 48.2 Å². The van der Waals surface area contributed by atoms with Gasteiger partial charge in [0.15, 0.2) is 0 Å². The fourth-order valence-electron chi connectivity index (χ4n) is 2.26. The average Bonchev–Trinajstić information content (AvgIpc) is 2.63. The van der Waals surface area contributed by atoms with Gasteiger partial charge >= 0.3 is 12.4 Å². The van der Waals surface area contributed by atoms with Crippen molar-refractivity contribution in [1.29, 1.82) is 5.26 Å². The van der Waals surface area contributed by atoms with Gasteiger partial charge in [-0.25, -0.2) is 0 Å². The molecule has 158 valence electrons. The van der Waals surface area contributed by atoms with Gasteiger partial charge in [-0.05, 0) is 42.8 Å². The highest BCUT2D eigenvalue weighted by molar-refractivity contribution is 6.31. The molecule has 4 nitrogen and oxygen atoms in total. The number of rotatable bonds is 4. The number of nitriles is 1. The van der Waals surface area contributed by atoms with Gasteiger partial charge in [-0.1, -0.05) is 17.7 Å². The summed E-state index contributed by atoms with van der Waals surface area (Å²) in [6.07, 6.45) is -9.34. The standard InChI is InChI=1S/C19H12ClF6N3O/c1-10-2-3-14(20)7-16(10)29-17(30)11(8-27)9-28-15-5-12(18(21,22)23)4-13(6-15)19(24,25)26/h2-7,9,28H,1H3,(H,29,30)/b11-9-. The Balaban J connectivity index is 2.32. The molecule has 30 heavy (non-hydrogen) atoms. The molecular weight excluding hydrogens is 436 g/mol. The molecule has 0 atom stereocenters. The van der Waals surface area contributed by atoms with Crippen LogP contribution in [0.3, 0.4) is 0 Å². The number of nitrogens with zero attached hydrogens (tertiary/aromatic N) is 1. The summed E-state index contributed by atoms with van der Waals surface area (Å²) in [7, 11) is 0. The fourth-order valence-corrected chi connectivity index (χ4v) is 2.43. The maximum atomic E-state index is 12.9. The smallest absolute Gasteiger partial charge is 0.360 e. The molecule has 2 aromatic rings. The molecule has 0 unspecified atom stereocenters. The van der Waals surface area contributed by atoms with Crippen LogP contribution in [0, 0.1) is 18.3 Å². The molecule has 0 fully saturated rings. The highest BCUT2D eigenvalue weighted by Gasteiger charge is 2.36. The molecule has 0 bridgehead atoms. The third kappa shape index (κ3) is 5.90. The second kappa shape index (κ2) is 8.67. The maximum Gasteiger partial charge on any atom is 0.416 e. The highest BCUT2D eigenvalue weighted by atomic mass is 35.5. The Labute approximate surface area is 171 Å². The predicted octanol–water partition coefficient (Wildman–Crippen LogP) is 6.14. The van der Waals surface area contributed by atoms with Crippen molar-refractivity contribution in [2.45, 2.75) is 19.3 Å². The van der Waals surface area contributed by atoms with E-state index in [1.165, 1.54) is 12.1 Å². The summed E-state index contributed by atoms with van der Waals surface area (Å²) in [4.78, 5) is 12.2. The minimum atomic E-state index is -5.03. The molecule has 0 aromatic heterocycles. The van der Waals surface area contributed by atoms with E-state index in [2.05, 4.69) is 10.6 Å². The molecule has 0 radical (unpaired) electrons. The van der Waals surface area contributed by atoms with Crippen molar-refractivity contribution in [2.24, 2.45) is 0 Å². The quantitative estimate of drug-likeness (QED) is 0.336. The number of carbonyl (C=O) groups is 1. The largest absolute Gasteiger partial charge is 0.416 e. The summed E-state index contributed by atoms with van der Waals surface area (Å²) < 4.78 is 77.4. The summed E-state index contributed by atoms with van der Waals surface area (Å²) in [6, 6.07) is 6.94. The van der Waals surface area contributed by atoms with Gasteiger partial charge in [0.25, 0.3) is 5.91 Å². The van der Waals surface area contributed by atoms with E-state index >= 15 is 0 Å². The molecule has 0 aliphatic rings. The lowest BCUT2D eigenvalue weighted by atomic mass is 10.1. The van der Waals surface area contributed by atoms with Crippen molar-refractivity contribution in [3.63, 3.8) is 0 Å². The van der Waals surface area contributed by atoms with Crippen molar-refractivity contribution in [1.82, 2.24) is 0 Å². The minimum Gasteiger partial charge on any atom is -0.360 e. The Kier molecular flexibility index (Phi) is 6.67. The summed E-state index contributed by atoms with van der Waals surface area (Å²) >= 11 is 5.83. The zero-order valence-electron chi connectivity index (χ0n) is 15.0. The number of hydrogen-bond donors (Lipinski definition) is 2. The lowest BCUT2D eigenvalue weighted by molar-refractivity contribution is -0.143. The van der Waals surface area contributed by atoms with Crippen molar-refractivity contribution in [3.05, 3.63) is 69.9 Å². The van der Waals surface area contributed by atoms with Crippen LogP contribution >= 0.6 is 11.6 Å². The van der Waals surface area contributed by atoms with Gasteiger partial charge in [-0.2, -0.15) is 31.6 Å². The van der Waals surface area contributed by atoms with Crippen LogP contribution in [-0.4, -0.2) is 5.91 Å². The number of carbonyl (C=O) groups excluding carboxylic acids is 1. The van der Waals surface area contributed by atoms with Gasteiger partial charge in [0, 0.05) is 22.6 Å². The lowest BCUT2D eigenvalue weighted by Crippen LogP contribution is -2.15. The highest BCUT2D eigenvalue weighted by Crippen LogP contribution is 2.37. The molecular formula is C19H12ClF6N3O. The van der Waals surface area contributed by atoms with Crippen LogP contribution < -0.4 is 10.6 Å². The number of aryl methyl sites for hydroxylation is 1. The monoisotopic (exact) mass is 447 g/mol. The molecule has 0 saturated carbocycles. The first-order valence-electron chi connectivity index (χ1n) is 8.05. The Hall–Kier alpha value is -3.19. The van der Waals surface area contributed by atoms with Crippen LogP contribution in [0.1, 0.15) is 16.7 Å². The molecule has 11 heteroatoms. The fraction of sp³-hybridized carbons (Fsp3) is 0.158. The molecule has 2 aromatic carbocycles. The summed E-state index contributed by atoms with van der Waals surface area (Å²) in [5.74, 6) is -0.932. The van der Waals surface area contributed by atoms with E-state index in [1.807, 2.05) is 0 Å². The van der Waals surface area contributed by atoms with Crippen molar-refractivity contribution in [2.75, 3.05) is 10.6 Å². The number of amides is 1. The number of halogens is 7. The van der Waals surface area contributed by atoms with Crippen LogP contribution in [0.4, 0.5) is 37.7 Å². The zero-order valence-corrected chi connectivity index (χ0v) is 15.8. The van der Waals surface area contributed by atoms with Crippen LogP contribution in [0.5, 0.6) is 0 Å². The van der Waals surface area contributed by atoms with Gasteiger partial charge in [0.1, 0.15) is 11.6 Å². The van der Waals surface area contributed by atoms with Crippen LogP contribution in [-0.2, 0) is 17.1 Å². The molecule has 0 aliphatic heterocycles. The maximum absolute atomic E-state index is 12.9. The van der Waals surface area contributed by atoms with Gasteiger partial charge in [-0.15, -0.1) is 0 Å². The second-order valence-electron chi connectivity index (χ2n) is 6.02. The van der Waals surface area contributed by atoms with Gasteiger partial charge in [0.05, 0.1) is 11.1 Å². The van der Waals surface area contributed by atoms with E-state index < -0.39 is 40.6 Å². The SMILES string of the molecule is Cc1ccc(Cl)cc1NC(=O)/C(C#N)=C\Nc1cc(C(F)(F)F)cc(C(F)(F)F)c1. The summed E-state index contributed by atoms with van der Waals surface area (Å²) in [5.41, 5.74) is -3.36. The van der Waals surface area contributed by atoms with Crippen molar-refractivity contribution in [3.8, 4) is 6.07 Å². The van der Waals surface area contributed by atoms with E-state index in [1.54, 1.807) is 19.1 Å². The van der Waals surface area contributed by atoms with E-state index in [0.29, 0.717) is 28.9 Å². The van der Waals surface area contributed by atoms with E-state index in [9.17, 15) is 31.1 Å². The Morgan fingerprint density at radius 2 is 1.60 bits per heavy atom. The predicted molar refractivity (Wildman–Crippen MR) is 98.6 cm³/mol. The van der Waals surface area contributed by atoms with Crippen molar-refractivity contribution < 1.29 is 31.1 Å². The average molecular weight is 448 g/mol. The first kappa shape index (κ1) is 23.1. The molecule has 0 heterocycles. The zero-order chi connectivity index (χ0) is 22.7. The third-order valence-corrected chi connectivity index (χ3v) is 4.02. The molecule has 0 aliphatic carbocycles. The minimum absolute atomic E-state index is 0.0330. The first-order chi connectivity index (χ1) is 13.8.